The van der Waals surface area contributed by atoms with E-state index in [9.17, 15) is 14.4 Å². The highest BCUT2D eigenvalue weighted by atomic mass is 16.2. The standard InChI is InChI=1S/C27H29NO3/c1-4-16-11-17(5-2)24(18(6-3)12-16)25-23(29)14-20(26(25)30)13-22-21-10-8-7-9-19(21)15-28-27(22)31/h7-12,15,20,25H,4-6,13-14H2,1-3H3,(H,28,31). The van der Waals surface area contributed by atoms with Gasteiger partial charge < -0.3 is 4.98 Å². The van der Waals surface area contributed by atoms with Crippen LogP contribution in [0.3, 0.4) is 0 Å². The fourth-order valence-electron chi connectivity index (χ4n) is 5.04. The molecule has 1 aliphatic rings. The maximum Gasteiger partial charge on any atom is 0.251 e. The Labute approximate surface area is 182 Å². The Hall–Kier alpha value is -3.01. The Bertz CT molecular complexity index is 1200. The van der Waals surface area contributed by atoms with E-state index in [1.807, 2.05) is 24.3 Å². The normalized spacial score (nSPS) is 18.8. The van der Waals surface area contributed by atoms with E-state index in [1.165, 1.54) is 5.56 Å². The van der Waals surface area contributed by atoms with Gasteiger partial charge in [-0.2, -0.15) is 0 Å². The van der Waals surface area contributed by atoms with Crippen molar-refractivity contribution in [3.8, 4) is 0 Å². The number of rotatable bonds is 6. The van der Waals surface area contributed by atoms with Gasteiger partial charge in [-0.3, -0.25) is 14.4 Å². The summed E-state index contributed by atoms with van der Waals surface area (Å²) in [5.74, 6) is -1.20. The van der Waals surface area contributed by atoms with E-state index >= 15 is 0 Å². The zero-order valence-corrected chi connectivity index (χ0v) is 18.5. The lowest BCUT2D eigenvalue weighted by Crippen LogP contribution is -2.22. The van der Waals surface area contributed by atoms with Crippen LogP contribution in [0.4, 0.5) is 0 Å². The molecule has 2 unspecified atom stereocenters. The number of aromatic nitrogens is 1. The molecule has 0 amide bonds. The predicted octanol–water partition coefficient (Wildman–Crippen LogP) is 4.70. The lowest BCUT2D eigenvalue weighted by Gasteiger charge is -2.19. The minimum absolute atomic E-state index is 0.0136. The summed E-state index contributed by atoms with van der Waals surface area (Å²) in [7, 11) is 0. The molecule has 0 bridgehead atoms. The number of aryl methyl sites for hydroxylation is 3. The van der Waals surface area contributed by atoms with Crippen molar-refractivity contribution in [3.63, 3.8) is 0 Å². The summed E-state index contributed by atoms with van der Waals surface area (Å²) in [5, 5.41) is 1.79. The number of ketones is 2. The van der Waals surface area contributed by atoms with E-state index in [-0.39, 0.29) is 23.5 Å². The van der Waals surface area contributed by atoms with Crippen molar-refractivity contribution in [1.29, 1.82) is 0 Å². The SMILES string of the molecule is CCc1cc(CC)c(C2C(=O)CC(Cc3c(=O)[nH]cc4ccccc34)C2=O)c(CC)c1. The van der Waals surface area contributed by atoms with Crippen LogP contribution in [0.25, 0.3) is 10.8 Å². The van der Waals surface area contributed by atoms with Crippen molar-refractivity contribution < 1.29 is 9.59 Å². The van der Waals surface area contributed by atoms with Crippen molar-refractivity contribution in [2.24, 2.45) is 5.92 Å². The molecule has 1 saturated carbocycles. The Morgan fingerprint density at radius 1 is 0.935 bits per heavy atom. The smallest absolute Gasteiger partial charge is 0.251 e. The number of Topliss-reactive ketones (excluding diaryl/α,β-unsaturated/α-hetero) is 2. The second-order valence-electron chi connectivity index (χ2n) is 8.48. The molecule has 4 nitrogen and oxygen atoms in total. The zero-order chi connectivity index (χ0) is 22.1. The highest BCUT2D eigenvalue weighted by Gasteiger charge is 2.43. The van der Waals surface area contributed by atoms with Crippen LogP contribution < -0.4 is 5.56 Å². The minimum Gasteiger partial charge on any atom is -0.328 e. The van der Waals surface area contributed by atoms with E-state index in [1.54, 1.807) is 6.20 Å². The molecule has 1 N–H and O–H groups in total. The molecule has 4 rings (SSSR count). The van der Waals surface area contributed by atoms with Crippen LogP contribution in [0.2, 0.25) is 0 Å². The monoisotopic (exact) mass is 415 g/mol. The van der Waals surface area contributed by atoms with Gasteiger partial charge in [0.2, 0.25) is 0 Å². The number of carbonyl (C=O) groups is 2. The van der Waals surface area contributed by atoms with Crippen molar-refractivity contribution in [2.45, 2.75) is 58.8 Å². The molecule has 160 valence electrons. The summed E-state index contributed by atoms with van der Waals surface area (Å²) in [6.07, 6.45) is 4.71. The van der Waals surface area contributed by atoms with Crippen molar-refractivity contribution in [2.75, 3.05) is 0 Å². The molecule has 0 radical (unpaired) electrons. The third-order valence-electron chi connectivity index (χ3n) is 6.70. The molecule has 1 fully saturated rings. The van der Waals surface area contributed by atoms with Crippen LogP contribution in [0, 0.1) is 5.92 Å². The van der Waals surface area contributed by atoms with Gasteiger partial charge in [-0.25, -0.2) is 0 Å². The number of carbonyl (C=O) groups excluding carboxylic acids is 2. The number of benzene rings is 2. The molecule has 0 aliphatic heterocycles. The number of fused-ring (bicyclic) bond motifs is 1. The van der Waals surface area contributed by atoms with Crippen LogP contribution >= 0.6 is 0 Å². The first-order chi connectivity index (χ1) is 15.0. The third kappa shape index (κ3) is 3.76. The second kappa shape index (κ2) is 8.62. The van der Waals surface area contributed by atoms with Gasteiger partial charge >= 0.3 is 0 Å². The summed E-state index contributed by atoms with van der Waals surface area (Å²) in [5.41, 5.74) is 4.79. The molecule has 1 aliphatic carbocycles. The van der Waals surface area contributed by atoms with Crippen molar-refractivity contribution in [3.05, 3.63) is 80.8 Å². The molecule has 0 spiro atoms. The molecule has 1 heterocycles. The van der Waals surface area contributed by atoms with Gasteiger partial charge in [0.05, 0.1) is 0 Å². The first-order valence-corrected chi connectivity index (χ1v) is 11.3. The molecule has 31 heavy (non-hydrogen) atoms. The summed E-state index contributed by atoms with van der Waals surface area (Å²) in [6, 6.07) is 12.0. The Morgan fingerprint density at radius 2 is 1.61 bits per heavy atom. The topological polar surface area (TPSA) is 67.0 Å². The second-order valence-corrected chi connectivity index (χ2v) is 8.48. The van der Waals surface area contributed by atoms with Crippen LogP contribution in [0.1, 0.15) is 60.9 Å². The first-order valence-electron chi connectivity index (χ1n) is 11.3. The summed E-state index contributed by atoms with van der Waals surface area (Å²) < 4.78 is 0. The van der Waals surface area contributed by atoms with E-state index in [0.717, 1.165) is 46.7 Å². The van der Waals surface area contributed by atoms with Gasteiger partial charge in [0.15, 0.2) is 5.78 Å². The Kier molecular flexibility index (Phi) is 5.90. The van der Waals surface area contributed by atoms with E-state index < -0.39 is 11.8 Å². The average molecular weight is 416 g/mol. The third-order valence-corrected chi connectivity index (χ3v) is 6.70. The van der Waals surface area contributed by atoms with E-state index in [2.05, 4.69) is 37.9 Å². The highest BCUT2D eigenvalue weighted by molar-refractivity contribution is 6.15. The van der Waals surface area contributed by atoms with Crippen LogP contribution in [-0.2, 0) is 35.3 Å². The van der Waals surface area contributed by atoms with E-state index in [0.29, 0.717) is 12.0 Å². The Morgan fingerprint density at radius 3 is 2.26 bits per heavy atom. The molecule has 1 aromatic heterocycles. The van der Waals surface area contributed by atoms with Crippen LogP contribution in [0.5, 0.6) is 0 Å². The quantitative estimate of drug-likeness (QED) is 0.594. The zero-order valence-electron chi connectivity index (χ0n) is 18.5. The fraction of sp³-hybridized carbons (Fsp3) is 0.370. The number of nitrogens with one attached hydrogen (secondary N) is 1. The highest BCUT2D eigenvalue weighted by Crippen LogP contribution is 2.38. The van der Waals surface area contributed by atoms with Crippen LogP contribution in [0.15, 0.2) is 47.4 Å². The molecule has 0 saturated heterocycles. The van der Waals surface area contributed by atoms with Crippen LogP contribution in [-0.4, -0.2) is 16.6 Å². The molecule has 4 heteroatoms. The number of pyridine rings is 1. The van der Waals surface area contributed by atoms with Gasteiger partial charge in [-0.15, -0.1) is 0 Å². The van der Waals surface area contributed by atoms with Gasteiger partial charge in [0.1, 0.15) is 11.7 Å². The number of H-pyrrole nitrogens is 1. The number of aromatic amines is 1. The molecule has 2 aromatic carbocycles. The predicted molar refractivity (Wildman–Crippen MR) is 124 cm³/mol. The number of hydrogen-bond donors (Lipinski definition) is 1. The largest absolute Gasteiger partial charge is 0.328 e. The molecule has 3 aromatic rings. The molecule has 2 atom stereocenters. The average Bonchev–Trinajstić information content (AvgIpc) is 3.07. The fourth-order valence-corrected chi connectivity index (χ4v) is 5.04. The van der Waals surface area contributed by atoms with Gasteiger partial charge in [0, 0.05) is 24.1 Å². The summed E-state index contributed by atoms with van der Waals surface area (Å²) in [4.78, 5) is 42.0. The number of hydrogen-bond acceptors (Lipinski definition) is 3. The maximum absolute atomic E-state index is 13.5. The van der Waals surface area contributed by atoms with Gasteiger partial charge in [-0.1, -0.05) is 57.2 Å². The van der Waals surface area contributed by atoms with Crippen molar-refractivity contribution in [1.82, 2.24) is 4.98 Å². The first kappa shape index (κ1) is 21.2. The maximum atomic E-state index is 13.5. The summed E-state index contributed by atoms with van der Waals surface area (Å²) >= 11 is 0. The van der Waals surface area contributed by atoms with Gasteiger partial charge in [-0.05, 0) is 58.7 Å². The molecular formula is C27H29NO3. The van der Waals surface area contributed by atoms with Gasteiger partial charge in [0.25, 0.3) is 5.56 Å². The molecular weight excluding hydrogens is 386 g/mol. The Balaban J connectivity index is 1.74. The lowest BCUT2D eigenvalue weighted by atomic mass is 9.83. The lowest BCUT2D eigenvalue weighted by molar-refractivity contribution is -0.124. The van der Waals surface area contributed by atoms with Crippen molar-refractivity contribution >= 4 is 22.3 Å². The minimum atomic E-state index is -0.699. The summed E-state index contributed by atoms with van der Waals surface area (Å²) in [6.45, 7) is 6.28. The van der Waals surface area contributed by atoms with E-state index in [4.69, 9.17) is 0 Å².